The van der Waals surface area contributed by atoms with Gasteiger partial charge in [0.1, 0.15) is 0 Å². The third-order valence-electron chi connectivity index (χ3n) is 2.33. The normalized spacial score (nSPS) is 10.7. The molecule has 0 saturated heterocycles. The lowest BCUT2D eigenvalue weighted by atomic mass is 10.3. The van der Waals surface area contributed by atoms with Gasteiger partial charge < -0.3 is 4.74 Å². The molecule has 2 aromatic rings. The summed E-state index contributed by atoms with van der Waals surface area (Å²) in [6.07, 6.45) is 1.32. The number of fused-ring (bicyclic) bond motifs is 1. The SMILES string of the molecule is CCOC(=O)CCCSc1nc2ccccc2s1. The summed E-state index contributed by atoms with van der Waals surface area (Å²) in [7, 11) is 0. The fourth-order valence-electron chi connectivity index (χ4n) is 1.52. The molecular weight excluding hydrogens is 266 g/mol. The Morgan fingerprint density at radius 1 is 1.44 bits per heavy atom. The Hall–Kier alpha value is -1.07. The molecule has 0 spiro atoms. The summed E-state index contributed by atoms with van der Waals surface area (Å²) in [5.74, 6) is 0.793. The first-order chi connectivity index (χ1) is 8.79. The monoisotopic (exact) mass is 281 g/mol. The van der Waals surface area contributed by atoms with E-state index in [2.05, 4.69) is 11.1 Å². The molecule has 1 heterocycles. The van der Waals surface area contributed by atoms with Gasteiger partial charge in [0.2, 0.25) is 0 Å². The van der Waals surface area contributed by atoms with Crippen LogP contribution in [0.4, 0.5) is 0 Å². The lowest BCUT2D eigenvalue weighted by Crippen LogP contribution is -2.03. The number of carbonyl (C=O) groups excluding carboxylic acids is 1. The molecular formula is C13H15NO2S2. The highest BCUT2D eigenvalue weighted by Crippen LogP contribution is 2.29. The first kappa shape index (κ1) is 13.4. The van der Waals surface area contributed by atoms with Crippen molar-refractivity contribution in [2.75, 3.05) is 12.4 Å². The Morgan fingerprint density at radius 3 is 3.06 bits per heavy atom. The zero-order valence-corrected chi connectivity index (χ0v) is 11.9. The van der Waals surface area contributed by atoms with Gasteiger partial charge in [-0.1, -0.05) is 23.9 Å². The minimum Gasteiger partial charge on any atom is -0.466 e. The van der Waals surface area contributed by atoms with E-state index in [4.69, 9.17) is 4.74 Å². The number of hydrogen-bond acceptors (Lipinski definition) is 5. The van der Waals surface area contributed by atoms with Crippen molar-refractivity contribution in [1.29, 1.82) is 0 Å². The van der Waals surface area contributed by atoms with Gasteiger partial charge in [0.25, 0.3) is 0 Å². The van der Waals surface area contributed by atoms with E-state index in [0.717, 1.165) is 22.0 Å². The molecule has 5 heteroatoms. The lowest BCUT2D eigenvalue weighted by molar-refractivity contribution is -0.143. The lowest BCUT2D eigenvalue weighted by Gasteiger charge is -2.00. The maximum absolute atomic E-state index is 11.2. The van der Waals surface area contributed by atoms with Crippen molar-refractivity contribution >= 4 is 39.3 Å². The van der Waals surface area contributed by atoms with Crippen molar-refractivity contribution in [2.45, 2.75) is 24.1 Å². The van der Waals surface area contributed by atoms with E-state index < -0.39 is 0 Å². The molecule has 0 amide bonds. The van der Waals surface area contributed by atoms with Crippen LogP contribution in [0.15, 0.2) is 28.6 Å². The molecule has 0 fully saturated rings. The van der Waals surface area contributed by atoms with Gasteiger partial charge in [0.05, 0.1) is 16.8 Å². The topological polar surface area (TPSA) is 39.2 Å². The molecule has 0 aliphatic carbocycles. The first-order valence-corrected chi connectivity index (χ1v) is 7.74. The van der Waals surface area contributed by atoms with Gasteiger partial charge in [-0.15, -0.1) is 11.3 Å². The zero-order chi connectivity index (χ0) is 12.8. The molecule has 3 nitrogen and oxygen atoms in total. The van der Waals surface area contributed by atoms with E-state index in [9.17, 15) is 4.79 Å². The third-order valence-corrected chi connectivity index (χ3v) is 4.60. The Balaban J connectivity index is 1.78. The molecule has 18 heavy (non-hydrogen) atoms. The molecule has 1 aromatic heterocycles. The number of thiazole rings is 1. The van der Waals surface area contributed by atoms with Crippen molar-refractivity contribution < 1.29 is 9.53 Å². The van der Waals surface area contributed by atoms with Gasteiger partial charge in [0.15, 0.2) is 4.34 Å². The number of ether oxygens (including phenoxy) is 1. The number of nitrogens with zero attached hydrogens (tertiary/aromatic N) is 1. The fraction of sp³-hybridized carbons (Fsp3) is 0.385. The van der Waals surface area contributed by atoms with Gasteiger partial charge in [-0.3, -0.25) is 4.79 Å². The van der Waals surface area contributed by atoms with Gasteiger partial charge in [0, 0.05) is 12.2 Å². The number of carbonyl (C=O) groups is 1. The second kappa shape index (κ2) is 6.75. The van der Waals surface area contributed by atoms with Crippen LogP contribution in [0.1, 0.15) is 19.8 Å². The smallest absolute Gasteiger partial charge is 0.305 e. The molecule has 0 unspecified atom stereocenters. The van der Waals surface area contributed by atoms with Crippen LogP contribution in [-0.4, -0.2) is 23.3 Å². The molecule has 1 aromatic carbocycles. The molecule has 0 N–H and O–H groups in total. The van der Waals surface area contributed by atoms with Crippen LogP contribution in [0.25, 0.3) is 10.2 Å². The maximum atomic E-state index is 11.2. The second-order valence-electron chi connectivity index (χ2n) is 3.70. The van der Waals surface area contributed by atoms with E-state index in [1.165, 1.54) is 4.70 Å². The van der Waals surface area contributed by atoms with Crippen molar-refractivity contribution in [3.05, 3.63) is 24.3 Å². The highest BCUT2D eigenvalue weighted by molar-refractivity contribution is 8.01. The number of hydrogen-bond donors (Lipinski definition) is 0. The highest BCUT2D eigenvalue weighted by atomic mass is 32.2. The fourth-order valence-corrected chi connectivity index (χ4v) is 3.60. The Bertz CT molecular complexity index is 491. The standard InChI is InChI=1S/C13H15NO2S2/c1-2-16-12(15)8-5-9-17-13-14-10-6-3-4-7-11(10)18-13/h3-4,6-7H,2,5,8-9H2,1H3. The molecule has 0 radical (unpaired) electrons. The van der Waals surface area contributed by atoms with E-state index in [-0.39, 0.29) is 5.97 Å². The van der Waals surface area contributed by atoms with Gasteiger partial charge >= 0.3 is 5.97 Å². The van der Waals surface area contributed by atoms with E-state index in [1.54, 1.807) is 23.1 Å². The van der Waals surface area contributed by atoms with Crippen molar-refractivity contribution in [1.82, 2.24) is 4.98 Å². The summed E-state index contributed by atoms with van der Waals surface area (Å²) in [5, 5.41) is 0. The summed E-state index contributed by atoms with van der Waals surface area (Å²) in [5.41, 5.74) is 1.05. The first-order valence-electron chi connectivity index (χ1n) is 5.93. The summed E-state index contributed by atoms with van der Waals surface area (Å²) in [6, 6.07) is 8.12. The van der Waals surface area contributed by atoms with Gasteiger partial charge in [-0.2, -0.15) is 0 Å². The van der Waals surface area contributed by atoms with Gasteiger partial charge in [-0.05, 0) is 25.5 Å². The van der Waals surface area contributed by atoms with Crippen LogP contribution in [0.5, 0.6) is 0 Å². The van der Waals surface area contributed by atoms with Crippen LogP contribution in [0.3, 0.4) is 0 Å². The maximum Gasteiger partial charge on any atom is 0.305 e. The summed E-state index contributed by atoms with van der Waals surface area (Å²) >= 11 is 3.41. The van der Waals surface area contributed by atoms with Crippen LogP contribution < -0.4 is 0 Å². The Kier molecular flexibility index (Phi) is 5.01. The van der Waals surface area contributed by atoms with Crippen molar-refractivity contribution in [3.8, 4) is 0 Å². The molecule has 0 atom stereocenters. The summed E-state index contributed by atoms with van der Waals surface area (Å²) < 4.78 is 7.16. The van der Waals surface area contributed by atoms with Crippen LogP contribution >= 0.6 is 23.1 Å². The number of para-hydroxylation sites is 1. The van der Waals surface area contributed by atoms with Crippen molar-refractivity contribution in [2.24, 2.45) is 0 Å². The molecule has 0 bridgehead atoms. The average Bonchev–Trinajstić information content (AvgIpc) is 2.77. The summed E-state index contributed by atoms with van der Waals surface area (Å²) in [4.78, 5) is 15.7. The largest absolute Gasteiger partial charge is 0.466 e. The third kappa shape index (κ3) is 3.71. The second-order valence-corrected chi connectivity index (χ2v) is 6.08. The molecule has 0 saturated carbocycles. The minimum atomic E-state index is -0.109. The molecule has 0 aliphatic heterocycles. The molecule has 0 aliphatic rings. The summed E-state index contributed by atoms with van der Waals surface area (Å²) in [6.45, 7) is 2.29. The van der Waals surface area contributed by atoms with Crippen LogP contribution in [-0.2, 0) is 9.53 Å². The quantitative estimate of drug-likeness (QED) is 0.459. The van der Waals surface area contributed by atoms with Crippen molar-refractivity contribution in [3.63, 3.8) is 0 Å². The highest BCUT2D eigenvalue weighted by Gasteiger charge is 2.05. The van der Waals surface area contributed by atoms with Crippen LogP contribution in [0, 0.1) is 0 Å². The predicted molar refractivity (Wildman–Crippen MR) is 76.2 cm³/mol. The van der Waals surface area contributed by atoms with E-state index in [0.29, 0.717) is 13.0 Å². The zero-order valence-electron chi connectivity index (χ0n) is 10.2. The number of thioether (sulfide) groups is 1. The number of aromatic nitrogens is 1. The average molecular weight is 281 g/mol. The predicted octanol–water partition coefficient (Wildman–Crippen LogP) is 3.73. The van der Waals surface area contributed by atoms with E-state index >= 15 is 0 Å². The molecule has 96 valence electrons. The van der Waals surface area contributed by atoms with Gasteiger partial charge in [-0.25, -0.2) is 4.98 Å². The Labute approximate surface area is 115 Å². The molecule has 2 rings (SSSR count). The number of benzene rings is 1. The van der Waals surface area contributed by atoms with E-state index in [1.807, 2.05) is 25.1 Å². The number of rotatable bonds is 6. The number of esters is 1. The van der Waals surface area contributed by atoms with Crippen LogP contribution in [0.2, 0.25) is 0 Å². The minimum absolute atomic E-state index is 0.109. The Morgan fingerprint density at radius 2 is 2.28 bits per heavy atom.